The smallest absolute Gasteiger partial charge is 0.270 e. The van der Waals surface area contributed by atoms with Crippen molar-refractivity contribution in [1.29, 1.82) is 0 Å². The highest BCUT2D eigenvalue weighted by atomic mass is 79.9. The average molecular weight is 529 g/mol. The van der Waals surface area contributed by atoms with Crippen LogP contribution in [-0.4, -0.2) is 23.9 Å². The van der Waals surface area contributed by atoms with Gasteiger partial charge in [0.05, 0.1) is 33.3 Å². The van der Waals surface area contributed by atoms with E-state index in [2.05, 4.69) is 31.9 Å². The molecule has 0 N–H and O–H groups in total. The maximum absolute atomic E-state index is 12.9. The van der Waals surface area contributed by atoms with Gasteiger partial charge in [-0.25, -0.2) is 0 Å². The van der Waals surface area contributed by atoms with Gasteiger partial charge in [0.1, 0.15) is 11.5 Å². The summed E-state index contributed by atoms with van der Waals surface area (Å²) in [6.45, 7) is 2.49. The van der Waals surface area contributed by atoms with E-state index >= 15 is 0 Å². The molecule has 0 radical (unpaired) electrons. The maximum atomic E-state index is 12.9. The predicted molar refractivity (Wildman–Crippen MR) is 122 cm³/mol. The van der Waals surface area contributed by atoms with Gasteiger partial charge in [0.15, 0.2) is 4.32 Å². The number of amides is 1. The lowest BCUT2D eigenvalue weighted by atomic mass is 10.2. The van der Waals surface area contributed by atoms with Gasteiger partial charge >= 0.3 is 0 Å². The number of hydrogen-bond donors (Lipinski definition) is 0. The van der Waals surface area contributed by atoms with Crippen LogP contribution >= 0.6 is 55.8 Å². The number of ether oxygens (including phenoxy) is 2. The summed E-state index contributed by atoms with van der Waals surface area (Å²) < 4.78 is 12.9. The summed E-state index contributed by atoms with van der Waals surface area (Å²) in [5.41, 5.74) is 1.59. The van der Waals surface area contributed by atoms with E-state index in [0.29, 0.717) is 15.8 Å². The maximum Gasteiger partial charge on any atom is 0.270 e. The Labute approximate surface area is 184 Å². The summed E-state index contributed by atoms with van der Waals surface area (Å²) in [6, 6.07) is 11.1. The zero-order valence-corrected chi connectivity index (χ0v) is 19.3. The van der Waals surface area contributed by atoms with Crippen LogP contribution in [0.5, 0.6) is 11.5 Å². The van der Waals surface area contributed by atoms with Crippen LogP contribution in [0.3, 0.4) is 0 Å². The molecule has 4 nitrogen and oxygen atoms in total. The van der Waals surface area contributed by atoms with E-state index in [1.165, 1.54) is 16.7 Å². The number of carbonyl (C=O) groups is 1. The Morgan fingerprint density at radius 1 is 1.19 bits per heavy atom. The monoisotopic (exact) mass is 527 g/mol. The predicted octanol–water partition coefficient (Wildman–Crippen LogP) is 6.02. The van der Waals surface area contributed by atoms with Crippen LogP contribution in [0.1, 0.15) is 12.5 Å². The molecule has 0 aliphatic carbocycles. The van der Waals surface area contributed by atoms with Gasteiger partial charge in [0.2, 0.25) is 0 Å². The summed E-state index contributed by atoms with van der Waals surface area (Å²) in [4.78, 5) is 15.0. The molecular formula is C19H15Br2NO3S2. The van der Waals surface area contributed by atoms with Crippen molar-refractivity contribution in [3.63, 3.8) is 0 Å². The van der Waals surface area contributed by atoms with Gasteiger partial charge in [0, 0.05) is 0 Å². The molecule has 0 aromatic heterocycles. The van der Waals surface area contributed by atoms with Crippen molar-refractivity contribution in [2.45, 2.75) is 6.92 Å². The fraction of sp³-hybridized carbons (Fsp3) is 0.158. The zero-order valence-electron chi connectivity index (χ0n) is 14.5. The topological polar surface area (TPSA) is 38.8 Å². The summed E-state index contributed by atoms with van der Waals surface area (Å²) in [7, 11) is 1.60. The van der Waals surface area contributed by atoms with Gasteiger partial charge in [-0.15, -0.1) is 0 Å². The molecule has 1 heterocycles. The van der Waals surface area contributed by atoms with Gasteiger partial charge < -0.3 is 9.47 Å². The molecule has 1 aliphatic rings. The third-order valence-corrected chi connectivity index (χ3v) is 6.21. The van der Waals surface area contributed by atoms with Crippen molar-refractivity contribution in [2.75, 3.05) is 18.6 Å². The summed E-state index contributed by atoms with van der Waals surface area (Å²) >= 11 is 13.7. The summed E-state index contributed by atoms with van der Waals surface area (Å²) in [5, 5.41) is 0. The van der Waals surface area contributed by atoms with Crippen LogP contribution in [0.25, 0.3) is 6.08 Å². The molecule has 1 aliphatic heterocycles. The van der Waals surface area contributed by atoms with Gasteiger partial charge in [-0.2, -0.15) is 0 Å². The number of halogens is 2. The number of anilines is 1. The highest BCUT2D eigenvalue weighted by molar-refractivity contribution is 9.11. The van der Waals surface area contributed by atoms with Crippen LogP contribution in [0.4, 0.5) is 5.69 Å². The number of thiocarbonyl (C=S) groups is 1. The molecular weight excluding hydrogens is 514 g/mol. The largest absolute Gasteiger partial charge is 0.497 e. The molecule has 0 atom stereocenters. The SMILES string of the molecule is CCOc1c(Br)cc(C=C2SC(=S)N(c3ccc(OC)cc3)C2=O)cc1Br. The minimum absolute atomic E-state index is 0.142. The van der Waals surface area contributed by atoms with E-state index in [9.17, 15) is 4.79 Å². The van der Waals surface area contributed by atoms with Crippen molar-refractivity contribution in [2.24, 2.45) is 0 Å². The molecule has 3 rings (SSSR count). The van der Waals surface area contributed by atoms with E-state index in [1.807, 2.05) is 37.3 Å². The molecule has 0 saturated carbocycles. The quantitative estimate of drug-likeness (QED) is 0.350. The van der Waals surface area contributed by atoms with Gasteiger partial charge in [-0.1, -0.05) is 24.0 Å². The Morgan fingerprint density at radius 2 is 1.81 bits per heavy atom. The molecule has 1 saturated heterocycles. The lowest BCUT2D eigenvalue weighted by Crippen LogP contribution is -2.27. The third kappa shape index (κ3) is 4.39. The second-order valence-electron chi connectivity index (χ2n) is 5.46. The number of methoxy groups -OCH3 is 1. The number of carbonyl (C=O) groups excluding carboxylic acids is 1. The lowest BCUT2D eigenvalue weighted by molar-refractivity contribution is -0.113. The molecule has 1 fully saturated rings. The molecule has 0 spiro atoms. The molecule has 27 heavy (non-hydrogen) atoms. The van der Waals surface area contributed by atoms with Crippen molar-refractivity contribution >= 4 is 77.8 Å². The third-order valence-electron chi connectivity index (χ3n) is 3.73. The van der Waals surface area contributed by atoms with Crippen LogP contribution in [0.2, 0.25) is 0 Å². The van der Waals surface area contributed by atoms with Gasteiger partial charge in [0.25, 0.3) is 5.91 Å². The average Bonchev–Trinajstić information content (AvgIpc) is 2.92. The number of hydrogen-bond acceptors (Lipinski definition) is 5. The summed E-state index contributed by atoms with van der Waals surface area (Å²) in [5.74, 6) is 1.32. The van der Waals surface area contributed by atoms with E-state index in [0.717, 1.165) is 31.7 Å². The highest BCUT2D eigenvalue weighted by Gasteiger charge is 2.33. The van der Waals surface area contributed by atoms with Crippen LogP contribution < -0.4 is 14.4 Å². The van der Waals surface area contributed by atoms with Crippen molar-refractivity contribution in [3.05, 3.63) is 55.8 Å². The lowest BCUT2D eigenvalue weighted by Gasteiger charge is -2.14. The van der Waals surface area contributed by atoms with E-state index in [1.54, 1.807) is 19.2 Å². The minimum atomic E-state index is -0.142. The molecule has 1 amide bonds. The molecule has 0 bridgehead atoms. The minimum Gasteiger partial charge on any atom is -0.497 e. The molecule has 2 aromatic carbocycles. The first-order valence-corrected chi connectivity index (χ1v) is 10.8. The second kappa shape index (κ2) is 8.77. The van der Waals surface area contributed by atoms with Crippen molar-refractivity contribution in [1.82, 2.24) is 0 Å². The fourth-order valence-electron chi connectivity index (χ4n) is 2.52. The number of thioether (sulfide) groups is 1. The first kappa shape index (κ1) is 20.4. The van der Waals surface area contributed by atoms with Crippen LogP contribution in [-0.2, 0) is 4.79 Å². The number of benzene rings is 2. The van der Waals surface area contributed by atoms with Gasteiger partial charge in [-0.3, -0.25) is 9.69 Å². The Morgan fingerprint density at radius 3 is 2.37 bits per heavy atom. The standard InChI is InChI=1S/C19H15Br2NO3S2/c1-3-25-17-14(20)8-11(9-15(17)21)10-16-18(23)22(19(26)27-16)12-4-6-13(24-2)7-5-12/h4-10H,3H2,1-2H3. The highest BCUT2D eigenvalue weighted by Crippen LogP contribution is 2.39. The van der Waals surface area contributed by atoms with Crippen LogP contribution in [0, 0.1) is 0 Å². The number of nitrogens with zero attached hydrogens (tertiary/aromatic N) is 1. The van der Waals surface area contributed by atoms with E-state index in [4.69, 9.17) is 21.7 Å². The normalized spacial score (nSPS) is 15.6. The zero-order chi connectivity index (χ0) is 19.6. The second-order valence-corrected chi connectivity index (χ2v) is 8.85. The Bertz CT molecular complexity index is 906. The summed E-state index contributed by atoms with van der Waals surface area (Å²) in [6.07, 6.45) is 1.83. The van der Waals surface area contributed by atoms with E-state index < -0.39 is 0 Å². The molecule has 8 heteroatoms. The van der Waals surface area contributed by atoms with Crippen molar-refractivity contribution in [3.8, 4) is 11.5 Å². The molecule has 140 valence electrons. The van der Waals surface area contributed by atoms with Crippen molar-refractivity contribution < 1.29 is 14.3 Å². The van der Waals surface area contributed by atoms with Crippen LogP contribution in [0.15, 0.2) is 50.2 Å². The number of rotatable bonds is 5. The Hall–Kier alpha value is -1.35. The first-order valence-electron chi connectivity index (χ1n) is 7.98. The Kier molecular flexibility index (Phi) is 6.62. The molecule has 0 unspecified atom stereocenters. The molecule has 2 aromatic rings. The van der Waals surface area contributed by atoms with Gasteiger partial charge in [-0.05, 0) is 86.8 Å². The fourth-order valence-corrected chi connectivity index (χ4v) is 5.27. The van der Waals surface area contributed by atoms with E-state index in [-0.39, 0.29) is 5.91 Å². The Balaban J connectivity index is 1.90. The first-order chi connectivity index (χ1) is 12.9.